The number of alkyl halides is 1. The number of carboxylic acid groups (broad SMARTS) is 1. The van der Waals surface area contributed by atoms with Crippen LogP contribution in [0.4, 0.5) is 4.79 Å². The number of amides is 1. The molecule has 0 aromatic carbocycles. The van der Waals surface area contributed by atoms with E-state index in [9.17, 15) is 4.79 Å². The van der Waals surface area contributed by atoms with Gasteiger partial charge in [0.05, 0.1) is 6.04 Å². The summed E-state index contributed by atoms with van der Waals surface area (Å²) in [7, 11) is 0. The van der Waals surface area contributed by atoms with Gasteiger partial charge in [0.25, 0.3) is 0 Å². The first kappa shape index (κ1) is 10.8. The molecule has 1 saturated heterocycles. The minimum Gasteiger partial charge on any atom is -0.465 e. The molecule has 1 unspecified atom stereocenters. The van der Waals surface area contributed by atoms with Crippen LogP contribution in [0.15, 0.2) is 0 Å². The summed E-state index contributed by atoms with van der Waals surface area (Å²) in [5, 5.41) is 8.97. The first-order valence-electron chi connectivity index (χ1n) is 4.47. The third kappa shape index (κ3) is 2.16. The highest BCUT2D eigenvalue weighted by Crippen LogP contribution is 2.36. The maximum absolute atomic E-state index is 10.9. The van der Waals surface area contributed by atoms with Gasteiger partial charge < -0.3 is 10.0 Å². The van der Waals surface area contributed by atoms with Gasteiger partial charge in [0.15, 0.2) is 0 Å². The Hall–Kier alpha value is -0.250. The first-order valence-corrected chi connectivity index (χ1v) is 5.39. The van der Waals surface area contributed by atoms with E-state index in [2.05, 4.69) is 36.7 Å². The fourth-order valence-electron chi connectivity index (χ4n) is 1.98. The smallest absolute Gasteiger partial charge is 0.407 e. The number of hydrogen-bond acceptors (Lipinski definition) is 1. The van der Waals surface area contributed by atoms with E-state index in [0.717, 1.165) is 6.42 Å². The fourth-order valence-corrected chi connectivity index (χ4v) is 3.26. The molecule has 1 amide bonds. The van der Waals surface area contributed by atoms with Crippen molar-refractivity contribution in [3.8, 4) is 0 Å². The summed E-state index contributed by atoms with van der Waals surface area (Å²) in [4.78, 5) is 12.7. The fraction of sp³-hybridized carbons (Fsp3) is 0.889. The number of rotatable bonds is 0. The molecule has 0 aromatic rings. The van der Waals surface area contributed by atoms with Crippen LogP contribution in [-0.4, -0.2) is 33.5 Å². The molecule has 3 nitrogen and oxygen atoms in total. The van der Waals surface area contributed by atoms with Gasteiger partial charge in [0, 0.05) is 11.4 Å². The van der Waals surface area contributed by atoms with Crippen molar-refractivity contribution >= 4 is 22.0 Å². The zero-order chi connectivity index (χ0) is 10.2. The second-order valence-electron chi connectivity index (χ2n) is 4.59. The van der Waals surface area contributed by atoms with Crippen LogP contribution in [0.1, 0.15) is 27.2 Å². The molecule has 1 aliphatic heterocycles. The molecule has 0 aromatic heterocycles. The minimum atomic E-state index is -0.804. The van der Waals surface area contributed by atoms with Crippen molar-refractivity contribution in [3.05, 3.63) is 0 Å². The number of halogens is 1. The first-order chi connectivity index (χ1) is 5.84. The number of carbonyl (C=O) groups is 1. The molecule has 0 aliphatic carbocycles. The maximum Gasteiger partial charge on any atom is 0.407 e. The summed E-state index contributed by atoms with van der Waals surface area (Å²) in [6, 6.07) is 0.0880. The normalized spacial score (nSPS) is 29.4. The van der Waals surface area contributed by atoms with Gasteiger partial charge in [-0.05, 0) is 11.8 Å². The maximum atomic E-state index is 10.9. The van der Waals surface area contributed by atoms with E-state index in [0.29, 0.717) is 11.4 Å². The molecule has 1 N–H and O–H groups in total. The molecule has 13 heavy (non-hydrogen) atoms. The Morgan fingerprint density at radius 2 is 2.08 bits per heavy atom. The van der Waals surface area contributed by atoms with Gasteiger partial charge in [-0.2, -0.15) is 0 Å². The lowest BCUT2D eigenvalue weighted by molar-refractivity contribution is 0.108. The Balaban J connectivity index is 2.83. The van der Waals surface area contributed by atoms with E-state index in [1.54, 1.807) is 4.90 Å². The summed E-state index contributed by atoms with van der Waals surface area (Å²) in [6.45, 7) is 6.88. The second kappa shape index (κ2) is 3.48. The quantitative estimate of drug-likeness (QED) is 0.671. The highest BCUT2D eigenvalue weighted by molar-refractivity contribution is 9.09. The molecule has 0 spiro atoms. The average Bonchev–Trinajstić information content (AvgIpc) is 2.28. The van der Waals surface area contributed by atoms with E-state index < -0.39 is 6.09 Å². The number of likely N-dealkylation sites (tertiary alicyclic amines) is 1. The monoisotopic (exact) mass is 249 g/mol. The summed E-state index contributed by atoms with van der Waals surface area (Å²) in [6.07, 6.45) is 0.107. The molecular formula is C9H16BrNO2. The van der Waals surface area contributed by atoms with Crippen molar-refractivity contribution in [2.45, 2.75) is 38.1 Å². The van der Waals surface area contributed by atoms with E-state index >= 15 is 0 Å². The predicted octanol–water partition coefficient (Wildman–Crippen LogP) is 2.55. The second-order valence-corrected chi connectivity index (χ2v) is 5.77. The Morgan fingerprint density at radius 3 is 2.38 bits per heavy atom. The lowest BCUT2D eigenvalue weighted by atomic mass is 9.85. The van der Waals surface area contributed by atoms with E-state index in [1.807, 2.05) is 0 Å². The molecule has 76 valence electrons. The minimum absolute atomic E-state index is 0.00303. The third-order valence-corrected chi connectivity index (χ3v) is 3.42. The standard InChI is InChI=1S/C9H16BrNO2/c1-9(2,3)7-6(10)4-5-11(7)8(12)13/h6-7H,4-5H2,1-3H3,(H,12,13)/t6-,7?/m1/s1. The van der Waals surface area contributed by atoms with Gasteiger partial charge in [-0.25, -0.2) is 4.79 Å². The molecule has 4 heteroatoms. The molecule has 0 radical (unpaired) electrons. The zero-order valence-electron chi connectivity index (χ0n) is 8.25. The van der Waals surface area contributed by atoms with E-state index in [1.165, 1.54) is 0 Å². The summed E-state index contributed by atoms with van der Waals surface area (Å²) < 4.78 is 0. The molecule has 0 bridgehead atoms. The van der Waals surface area contributed by atoms with Crippen LogP contribution in [0.3, 0.4) is 0 Å². The molecule has 1 aliphatic rings. The number of nitrogens with zero attached hydrogens (tertiary/aromatic N) is 1. The zero-order valence-corrected chi connectivity index (χ0v) is 9.84. The van der Waals surface area contributed by atoms with Crippen LogP contribution in [-0.2, 0) is 0 Å². The van der Waals surface area contributed by atoms with Crippen molar-refractivity contribution in [2.75, 3.05) is 6.54 Å². The Kier molecular flexibility index (Phi) is 2.90. The molecule has 1 heterocycles. The predicted molar refractivity (Wildman–Crippen MR) is 55.3 cm³/mol. The van der Waals surface area contributed by atoms with E-state index in [4.69, 9.17) is 5.11 Å². The van der Waals surface area contributed by atoms with Gasteiger partial charge in [-0.1, -0.05) is 36.7 Å². The summed E-state index contributed by atoms with van der Waals surface area (Å²) in [5.41, 5.74) is 0.00303. The molecule has 0 saturated carbocycles. The van der Waals surface area contributed by atoms with Crippen molar-refractivity contribution in [1.82, 2.24) is 4.90 Å². The van der Waals surface area contributed by atoms with Gasteiger partial charge in [0.2, 0.25) is 0 Å². The van der Waals surface area contributed by atoms with Crippen LogP contribution >= 0.6 is 15.9 Å². The van der Waals surface area contributed by atoms with Crippen molar-refractivity contribution in [1.29, 1.82) is 0 Å². The van der Waals surface area contributed by atoms with E-state index in [-0.39, 0.29) is 11.5 Å². The average molecular weight is 250 g/mol. The Morgan fingerprint density at radius 1 is 1.54 bits per heavy atom. The topological polar surface area (TPSA) is 40.5 Å². The van der Waals surface area contributed by atoms with Crippen molar-refractivity contribution in [3.63, 3.8) is 0 Å². The lowest BCUT2D eigenvalue weighted by Crippen LogP contribution is -2.45. The van der Waals surface area contributed by atoms with Crippen LogP contribution in [0.2, 0.25) is 0 Å². The van der Waals surface area contributed by atoms with Crippen LogP contribution in [0.25, 0.3) is 0 Å². The van der Waals surface area contributed by atoms with Crippen LogP contribution < -0.4 is 0 Å². The highest BCUT2D eigenvalue weighted by Gasteiger charge is 2.42. The Bertz CT molecular complexity index is 212. The van der Waals surface area contributed by atoms with Gasteiger partial charge in [-0.3, -0.25) is 0 Å². The van der Waals surface area contributed by atoms with Gasteiger partial charge >= 0.3 is 6.09 Å². The van der Waals surface area contributed by atoms with Crippen LogP contribution in [0.5, 0.6) is 0 Å². The third-order valence-electron chi connectivity index (χ3n) is 2.46. The molecule has 1 fully saturated rings. The lowest BCUT2D eigenvalue weighted by Gasteiger charge is -2.35. The van der Waals surface area contributed by atoms with Crippen molar-refractivity contribution in [2.24, 2.45) is 5.41 Å². The molecule has 1 rings (SSSR count). The van der Waals surface area contributed by atoms with Crippen LogP contribution in [0, 0.1) is 5.41 Å². The van der Waals surface area contributed by atoms with Gasteiger partial charge in [-0.15, -0.1) is 0 Å². The Labute approximate surface area is 87.2 Å². The highest BCUT2D eigenvalue weighted by atomic mass is 79.9. The van der Waals surface area contributed by atoms with Crippen molar-refractivity contribution < 1.29 is 9.90 Å². The summed E-state index contributed by atoms with van der Waals surface area (Å²) >= 11 is 3.54. The SMILES string of the molecule is CC(C)(C)C1[C@H](Br)CCN1C(=O)O. The van der Waals surface area contributed by atoms with Gasteiger partial charge in [0.1, 0.15) is 0 Å². The number of hydrogen-bond donors (Lipinski definition) is 1. The molecular weight excluding hydrogens is 234 g/mol. The largest absolute Gasteiger partial charge is 0.465 e. The summed E-state index contributed by atoms with van der Waals surface area (Å²) in [5.74, 6) is 0. The molecule has 2 atom stereocenters.